The molecule has 0 bridgehead atoms. The zero-order valence-electron chi connectivity index (χ0n) is 15.0. The molecule has 2 rings (SSSR count). The molecule has 0 aliphatic rings. The summed E-state index contributed by atoms with van der Waals surface area (Å²) in [7, 11) is 0. The average molecular weight is 378 g/mol. The van der Waals surface area contributed by atoms with E-state index in [1.165, 1.54) is 18.5 Å². The molecule has 0 N–H and O–H groups in total. The maximum absolute atomic E-state index is 12.8. The summed E-state index contributed by atoms with van der Waals surface area (Å²) in [6.07, 6.45) is -1.30. The van der Waals surface area contributed by atoms with E-state index in [1.807, 2.05) is 27.7 Å². The zero-order valence-corrected chi connectivity index (χ0v) is 15.0. The standard InChI is InChI=1S/C10H12F2.C8H11F3N2.CH4/c1-6(2)8-4-7(3)10(12)9(11)5-8;1-6(2)7-3-12-13(4-7)5-8(9,10)11;/h4-6H,1-3H3;3-4,6H,5H2,1-2H3;1H4. The van der Waals surface area contributed by atoms with Crippen LogP contribution in [-0.2, 0) is 6.54 Å². The Labute approximate surface area is 152 Å². The lowest BCUT2D eigenvalue weighted by Crippen LogP contribution is -2.17. The molecule has 0 fully saturated rings. The number of halogens is 5. The molecular formula is C19H27F5N2. The highest BCUT2D eigenvalue weighted by Gasteiger charge is 2.28. The lowest BCUT2D eigenvalue weighted by atomic mass is 10.0. The van der Waals surface area contributed by atoms with Gasteiger partial charge >= 0.3 is 6.18 Å². The van der Waals surface area contributed by atoms with Crippen LogP contribution in [0, 0.1) is 18.6 Å². The molecule has 0 radical (unpaired) electrons. The van der Waals surface area contributed by atoms with Crippen molar-refractivity contribution in [1.82, 2.24) is 9.78 Å². The smallest absolute Gasteiger partial charge is 0.263 e. The van der Waals surface area contributed by atoms with E-state index in [0.717, 1.165) is 15.8 Å². The summed E-state index contributed by atoms with van der Waals surface area (Å²) in [6, 6.07) is 2.94. The minimum Gasteiger partial charge on any atom is -0.263 e. The zero-order chi connectivity index (χ0) is 19.4. The van der Waals surface area contributed by atoms with Crippen molar-refractivity contribution in [2.24, 2.45) is 0 Å². The third-order valence-corrected chi connectivity index (χ3v) is 3.56. The summed E-state index contributed by atoms with van der Waals surface area (Å²) < 4.78 is 62.2. The van der Waals surface area contributed by atoms with Crippen molar-refractivity contribution < 1.29 is 22.0 Å². The molecule has 2 nitrogen and oxygen atoms in total. The van der Waals surface area contributed by atoms with E-state index in [0.29, 0.717) is 5.56 Å². The van der Waals surface area contributed by atoms with Crippen LogP contribution in [-0.4, -0.2) is 16.0 Å². The molecule has 1 aromatic heterocycles. The lowest BCUT2D eigenvalue weighted by Gasteiger charge is -2.07. The van der Waals surface area contributed by atoms with Gasteiger partial charge in [0.05, 0.1) is 6.20 Å². The first kappa shape index (κ1) is 24.1. The second-order valence-corrected chi connectivity index (χ2v) is 6.53. The average Bonchev–Trinajstić information content (AvgIpc) is 2.91. The van der Waals surface area contributed by atoms with Crippen molar-refractivity contribution >= 4 is 0 Å². The van der Waals surface area contributed by atoms with E-state index in [1.54, 1.807) is 13.0 Å². The van der Waals surface area contributed by atoms with Gasteiger partial charge in [-0.1, -0.05) is 41.2 Å². The third kappa shape index (κ3) is 7.54. The van der Waals surface area contributed by atoms with E-state index >= 15 is 0 Å². The Morgan fingerprint density at radius 1 is 1.00 bits per heavy atom. The van der Waals surface area contributed by atoms with Gasteiger partial charge in [-0.05, 0) is 41.5 Å². The summed E-state index contributed by atoms with van der Waals surface area (Å²) in [5, 5.41) is 3.62. The van der Waals surface area contributed by atoms with Gasteiger partial charge in [0.2, 0.25) is 0 Å². The number of rotatable bonds is 3. The van der Waals surface area contributed by atoms with Crippen LogP contribution in [0.5, 0.6) is 0 Å². The predicted octanol–water partition coefficient (Wildman–Crippen LogP) is 6.60. The van der Waals surface area contributed by atoms with Gasteiger partial charge in [0.1, 0.15) is 6.54 Å². The molecule has 1 aromatic carbocycles. The Morgan fingerprint density at radius 2 is 1.54 bits per heavy atom. The van der Waals surface area contributed by atoms with Crippen molar-refractivity contribution in [3.8, 4) is 0 Å². The van der Waals surface area contributed by atoms with E-state index < -0.39 is 24.4 Å². The van der Waals surface area contributed by atoms with Crippen LogP contribution in [0.4, 0.5) is 22.0 Å². The lowest BCUT2D eigenvalue weighted by molar-refractivity contribution is -0.142. The molecule has 148 valence electrons. The molecule has 26 heavy (non-hydrogen) atoms. The first-order valence-corrected chi connectivity index (χ1v) is 7.95. The van der Waals surface area contributed by atoms with Crippen LogP contribution in [0.2, 0.25) is 0 Å². The number of aryl methyl sites for hydroxylation is 1. The number of benzene rings is 1. The van der Waals surface area contributed by atoms with Crippen molar-refractivity contribution in [2.45, 2.75) is 66.6 Å². The highest BCUT2D eigenvalue weighted by molar-refractivity contribution is 5.27. The second-order valence-electron chi connectivity index (χ2n) is 6.53. The molecule has 0 unspecified atom stereocenters. The Bertz CT molecular complexity index is 664. The number of nitrogens with zero attached hydrogens (tertiary/aromatic N) is 2. The molecule has 0 spiro atoms. The molecule has 0 saturated carbocycles. The number of hydrogen-bond donors (Lipinski definition) is 0. The molecule has 0 saturated heterocycles. The monoisotopic (exact) mass is 378 g/mol. The van der Waals surface area contributed by atoms with Gasteiger partial charge in [0, 0.05) is 6.20 Å². The van der Waals surface area contributed by atoms with E-state index in [-0.39, 0.29) is 19.3 Å². The van der Waals surface area contributed by atoms with Gasteiger partial charge in [-0.25, -0.2) is 8.78 Å². The minimum atomic E-state index is -4.19. The fourth-order valence-corrected chi connectivity index (χ4v) is 2.03. The van der Waals surface area contributed by atoms with Gasteiger partial charge < -0.3 is 0 Å². The van der Waals surface area contributed by atoms with Crippen LogP contribution in [0.15, 0.2) is 24.5 Å². The highest BCUT2D eigenvalue weighted by Crippen LogP contribution is 2.20. The van der Waals surface area contributed by atoms with E-state index in [9.17, 15) is 22.0 Å². The van der Waals surface area contributed by atoms with E-state index in [4.69, 9.17) is 0 Å². The molecule has 1 heterocycles. The molecule has 7 heteroatoms. The predicted molar refractivity (Wildman–Crippen MR) is 94.3 cm³/mol. The molecular weight excluding hydrogens is 351 g/mol. The number of alkyl halides is 3. The van der Waals surface area contributed by atoms with Crippen LogP contribution < -0.4 is 0 Å². The molecule has 0 atom stereocenters. The van der Waals surface area contributed by atoms with Crippen molar-refractivity contribution in [2.75, 3.05) is 0 Å². The Morgan fingerprint density at radius 3 is 1.92 bits per heavy atom. The van der Waals surface area contributed by atoms with Gasteiger partial charge in [0.15, 0.2) is 11.6 Å². The summed E-state index contributed by atoms with van der Waals surface area (Å²) in [5.74, 6) is -1.04. The molecule has 0 amide bonds. The van der Waals surface area contributed by atoms with Crippen LogP contribution >= 0.6 is 0 Å². The molecule has 0 aliphatic heterocycles. The fourth-order valence-electron chi connectivity index (χ4n) is 2.03. The Hall–Kier alpha value is -1.92. The van der Waals surface area contributed by atoms with Crippen LogP contribution in [0.25, 0.3) is 0 Å². The first-order chi connectivity index (χ1) is 11.4. The maximum atomic E-state index is 12.8. The summed E-state index contributed by atoms with van der Waals surface area (Å²) in [5.41, 5.74) is 2.04. The Kier molecular flexibility index (Phi) is 8.97. The fraction of sp³-hybridized carbons (Fsp3) is 0.526. The van der Waals surface area contributed by atoms with Gasteiger partial charge in [0.25, 0.3) is 0 Å². The van der Waals surface area contributed by atoms with Crippen molar-refractivity contribution in [3.63, 3.8) is 0 Å². The number of hydrogen-bond acceptors (Lipinski definition) is 1. The SMILES string of the molecule is C.CC(C)c1cnn(CC(F)(F)F)c1.Cc1cc(C(C)C)cc(F)c1F. The summed E-state index contributed by atoms with van der Waals surface area (Å²) in [4.78, 5) is 0. The number of aromatic nitrogens is 2. The highest BCUT2D eigenvalue weighted by atomic mass is 19.4. The minimum absolute atomic E-state index is 0. The quantitative estimate of drug-likeness (QED) is 0.550. The second kappa shape index (κ2) is 9.69. The Balaban J connectivity index is 0.000000464. The van der Waals surface area contributed by atoms with Gasteiger partial charge in [-0.15, -0.1) is 0 Å². The topological polar surface area (TPSA) is 17.8 Å². The summed E-state index contributed by atoms with van der Waals surface area (Å²) in [6.45, 7) is 8.28. The largest absolute Gasteiger partial charge is 0.408 e. The first-order valence-electron chi connectivity index (χ1n) is 7.95. The van der Waals surface area contributed by atoms with Crippen molar-refractivity contribution in [3.05, 3.63) is 52.9 Å². The van der Waals surface area contributed by atoms with Crippen LogP contribution in [0.1, 0.15) is 63.6 Å². The third-order valence-electron chi connectivity index (χ3n) is 3.56. The van der Waals surface area contributed by atoms with Gasteiger partial charge in [-0.2, -0.15) is 18.3 Å². The molecule has 2 aromatic rings. The molecule has 0 aliphatic carbocycles. The van der Waals surface area contributed by atoms with E-state index in [2.05, 4.69) is 5.10 Å². The summed E-state index contributed by atoms with van der Waals surface area (Å²) >= 11 is 0. The normalized spacial score (nSPS) is 11.2. The van der Waals surface area contributed by atoms with Crippen LogP contribution in [0.3, 0.4) is 0 Å². The maximum Gasteiger partial charge on any atom is 0.408 e. The van der Waals surface area contributed by atoms with Gasteiger partial charge in [-0.3, -0.25) is 4.68 Å². The van der Waals surface area contributed by atoms with Crippen molar-refractivity contribution in [1.29, 1.82) is 0 Å².